The van der Waals surface area contributed by atoms with Crippen molar-refractivity contribution in [2.75, 3.05) is 18.0 Å². The molecule has 0 aliphatic heterocycles. The minimum absolute atomic E-state index is 0.601. The van der Waals surface area contributed by atoms with Crippen molar-refractivity contribution in [3.63, 3.8) is 0 Å². The van der Waals surface area contributed by atoms with E-state index >= 15 is 0 Å². The Bertz CT molecular complexity index is 451. The predicted octanol–water partition coefficient (Wildman–Crippen LogP) is 2.84. The number of benzene rings is 1. The lowest BCUT2D eigenvalue weighted by molar-refractivity contribution is 0.161. The van der Waals surface area contributed by atoms with Gasteiger partial charge in [0.2, 0.25) is 0 Å². The summed E-state index contributed by atoms with van der Waals surface area (Å²) in [5.41, 5.74) is 0.706. The molecule has 0 bridgehead atoms. The van der Waals surface area contributed by atoms with Crippen LogP contribution in [0.15, 0.2) is 42.5 Å². The van der Waals surface area contributed by atoms with Crippen LogP contribution >= 0.6 is 0 Å². The fraction of sp³-hybridized carbons (Fsp3) is 0.375. The predicted molar refractivity (Wildman–Crippen MR) is 77.5 cm³/mol. The molecule has 0 aromatic heterocycles. The smallest absolute Gasteiger partial charge is 0.143 e. The molecular weight excluding hydrogens is 222 g/mol. The second-order valence-corrected chi connectivity index (χ2v) is 4.50. The summed E-state index contributed by atoms with van der Waals surface area (Å²) in [6.07, 6.45) is 0. The van der Waals surface area contributed by atoms with Gasteiger partial charge in [-0.25, -0.2) is 0 Å². The Labute approximate surface area is 110 Å². The molecule has 0 spiro atoms. The number of aliphatic hydroxyl groups is 1. The molecule has 1 unspecified atom stereocenters. The zero-order valence-electron chi connectivity index (χ0n) is 11.4. The van der Waals surface area contributed by atoms with Crippen LogP contribution in [0.4, 0.5) is 5.69 Å². The van der Waals surface area contributed by atoms with Crippen molar-refractivity contribution in [1.82, 2.24) is 0 Å². The first kappa shape index (κ1) is 14.3. The zero-order chi connectivity index (χ0) is 13.6. The Morgan fingerprint density at radius 1 is 1.39 bits per heavy atom. The monoisotopic (exact) mass is 243 g/mol. The van der Waals surface area contributed by atoms with Gasteiger partial charge in [0.05, 0.1) is 6.54 Å². The van der Waals surface area contributed by atoms with E-state index < -0.39 is 5.60 Å². The van der Waals surface area contributed by atoms with Crippen molar-refractivity contribution in [1.29, 1.82) is 0 Å². The van der Waals surface area contributed by atoms with Gasteiger partial charge in [-0.1, -0.05) is 36.6 Å². The molecule has 0 aliphatic rings. The van der Waals surface area contributed by atoms with Crippen LogP contribution in [-0.4, -0.2) is 23.8 Å². The van der Waals surface area contributed by atoms with Gasteiger partial charge in [-0.05, 0) is 38.5 Å². The molecule has 0 amide bonds. The number of hydrogen-bond acceptors (Lipinski definition) is 2. The summed E-state index contributed by atoms with van der Waals surface area (Å²) in [5, 5.41) is 9.96. The lowest BCUT2D eigenvalue weighted by atomic mass is 10.00. The second kappa shape index (κ2) is 6.28. The molecule has 0 saturated heterocycles. The molecule has 96 valence electrons. The van der Waals surface area contributed by atoms with E-state index in [2.05, 4.69) is 42.4 Å². The standard InChI is InChI=1S/C16H21NO/c1-5-17(15-10-7-6-8-11-15)13-9-12-16(4,18)14(2)3/h6-8,10-11,18H,2,5,13H2,1,3-4H3. The van der Waals surface area contributed by atoms with Gasteiger partial charge >= 0.3 is 0 Å². The number of rotatable bonds is 4. The summed E-state index contributed by atoms with van der Waals surface area (Å²) in [5.74, 6) is 5.88. The molecule has 2 nitrogen and oxygen atoms in total. The van der Waals surface area contributed by atoms with Gasteiger partial charge in [-0.3, -0.25) is 0 Å². The van der Waals surface area contributed by atoms with Crippen LogP contribution < -0.4 is 4.90 Å². The maximum absolute atomic E-state index is 9.96. The molecule has 0 heterocycles. The van der Waals surface area contributed by atoms with E-state index in [0.717, 1.165) is 12.2 Å². The summed E-state index contributed by atoms with van der Waals surface area (Å²) in [7, 11) is 0. The third-order valence-electron chi connectivity index (χ3n) is 2.94. The number of nitrogens with zero attached hydrogens (tertiary/aromatic N) is 1. The largest absolute Gasteiger partial charge is 0.374 e. The van der Waals surface area contributed by atoms with Crippen LogP contribution in [0, 0.1) is 11.8 Å². The van der Waals surface area contributed by atoms with Crippen LogP contribution in [0.2, 0.25) is 0 Å². The van der Waals surface area contributed by atoms with Gasteiger partial charge in [-0.15, -0.1) is 0 Å². The third-order valence-corrected chi connectivity index (χ3v) is 2.94. The van der Waals surface area contributed by atoms with Gasteiger partial charge in [0, 0.05) is 12.2 Å². The molecular formula is C16H21NO. The molecule has 1 atom stereocenters. The summed E-state index contributed by atoms with van der Waals surface area (Å²) in [4.78, 5) is 2.15. The van der Waals surface area contributed by atoms with Crippen LogP contribution in [0.5, 0.6) is 0 Å². The molecule has 0 saturated carbocycles. The van der Waals surface area contributed by atoms with Gasteiger partial charge in [0.1, 0.15) is 5.60 Å². The van der Waals surface area contributed by atoms with Crippen LogP contribution in [-0.2, 0) is 0 Å². The molecule has 0 aliphatic carbocycles. The van der Waals surface area contributed by atoms with Gasteiger partial charge < -0.3 is 10.0 Å². The van der Waals surface area contributed by atoms with E-state index in [4.69, 9.17) is 0 Å². The summed E-state index contributed by atoms with van der Waals surface area (Å²) < 4.78 is 0. The summed E-state index contributed by atoms with van der Waals surface area (Å²) in [6, 6.07) is 10.1. The van der Waals surface area contributed by atoms with E-state index in [1.165, 1.54) is 0 Å². The maximum Gasteiger partial charge on any atom is 0.143 e. The van der Waals surface area contributed by atoms with Gasteiger partial charge in [0.25, 0.3) is 0 Å². The highest BCUT2D eigenvalue weighted by Crippen LogP contribution is 2.13. The molecule has 1 N–H and O–H groups in total. The Kier molecular flexibility index (Phi) is 5.00. The van der Waals surface area contributed by atoms with Crippen molar-refractivity contribution in [2.24, 2.45) is 0 Å². The third kappa shape index (κ3) is 3.94. The molecule has 1 rings (SSSR count). The number of anilines is 1. The maximum atomic E-state index is 9.96. The lowest BCUT2D eigenvalue weighted by Crippen LogP contribution is -2.25. The Morgan fingerprint density at radius 3 is 2.50 bits per heavy atom. The fourth-order valence-corrected chi connectivity index (χ4v) is 1.44. The average Bonchev–Trinajstić information content (AvgIpc) is 2.35. The molecule has 2 heteroatoms. The molecule has 0 fully saturated rings. The average molecular weight is 243 g/mol. The first-order valence-electron chi connectivity index (χ1n) is 6.15. The molecule has 18 heavy (non-hydrogen) atoms. The van der Waals surface area contributed by atoms with E-state index in [-0.39, 0.29) is 0 Å². The van der Waals surface area contributed by atoms with Crippen molar-refractivity contribution in [3.05, 3.63) is 42.5 Å². The highest BCUT2D eigenvalue weighted by atomic mass is 16.3. The normalized spacial score (nSPS) is 13.1. The van der Waals surface area contributed by atoms with E-state index in [0.29, 0.717) is 12.1 Å². The highest BCUT2D eigenvalue weighted by Gasteiger charge is 2.16. The SMILES string of the molecule is C=C(C)C(C)(O)C#CCN(CC)c1ccccc1. The quantitative estimate of drug-likeness (QED) is 0.649. The van der Waals surface area contributed by atoms with E-state index in [1.54, 1.807) is 13.8 Å². The van der Waals surface area contributed by atoms with Crippen molar-refractivity contribution >= 4 is 5.69 Å². The van der Waals surface area contributed by atoms with Gasteiger partial charge in [0.15, 0.2) is 0 Å². The topological polar surface area (TPSA) is 23.5 Å². The summed E-state index contributed by atoms with van der Waals surface area (Å²) in [6.45, 7) is 10.8. The zero-order valence-corrected chi connectivity index (χ0v) is 11.4. The number of hydrogen-bond donors (Lipinski definition) is 1. The number of para-hydroxylation sites is 1. The van der Waals surface area contributed by atoms with Crippen LogP contribution in [0.25, 0.3) is 0 Å². The van der Waals surface area contributed by atoms with Crippen molar-refractivity contribution in [2.45, 2.75) is 26.4 Å². The first-order chi connectivity index (χ1) is 8.47. The molecule has 1 aromatic rings. The Balaban J connectivity index is 2.73. The van der Waals surface area contributed by atoms with Crippen LogP contribution in [0.3, 0.4) is 0 Å². The van der Waals surface area contributed by atoms with E-state index in [9.17, 15) is 5.11 Å². The Morgan fingerprint density at radius 2 is 2.00 bits per heavy atom. The van der Waals surface area contributed by atoms with Crippen molar-refractivity contribution < 1.29 is 5.11 Å². The minimum atomic E-state index is -1.10. The van der Waals surface area contributed by atoms with Gasteiger partial charge in [-0.2, -0.15) is 0 Å². The minimum Gasteiger partial charge on any atom is -0.374 e. The second-order valence-electron chi connectivity index (χ2n) is 4.50. The fourth-order valence-electron chi connectivity index (χ4n) is 1.44. The Hall–Kier alpha value is -1.72. The van der Waals surface area contributed by atoms with Crippen LogP contribution in [0.1, 0.15) is 20.8 Å². The van der Waals surface area contributed by atoms with E-state index in [1.807, 2.05) is 18.2 Å². The molecule has 0 radical (unpaired) electrons. The van der Waals surface area contributed by atoms with Crippen molar-refractivity contribution in [3.8, 4) is 11.8 Å². The highest BCUT2D eigenvalue weighted by molar-refractivity contribution is 5.47. The first-order valence-corrected chi connectivity index (χ1v) is 6.15. The molecule has 1 aromatic carbocycles. The summed E-state index contributed by atoms with van der Waals surface area (Å²) >= 11 is 0. The lowest BCUT2D eigenvalue weighted by Gasteiger charge is -2.21.